The van der Waals surface area contributed by atoms with Crippen LogP contribution < -0.4 is 42.2 Å². The molecule has 2 rings (SSSR count). The molecule has 0 saturated carbocycles. The number of aliphatic imine (C=N–C) groups is 2. The summed E-state index contributed by atoms with van der Waals surface area (Å²) in [6.45, 7) is 1.89. The van der Waals surface area contributed by atoms with Crippen molar-refractivity contribution in [1.29, 1.82) is 0 Å². The highest BCUT2D eigenvalue weighted by atomic mass is 32.2. The van der Waals surface area contributed by atoms with Gasteiger partial charge < -0.3 is 31.6 Å². The summed E-state index contributed by atoms with van der Waals surface area (Å²) < 4.78 is 10.6. The van der Waals surface area contributed by atoms with Crippen LogP contribution in [0.25, 0.3) is 0 Å². The predicted octanol–water partition coefficient (Wildman–Crippen LogP) is 1.28. The molecule has 0 saturated heterocycles. The molecule has 0 aliphatic rings. The van der Waals surface area contributed by atoms with Gasteiger partial charge in [-0.25, -0.2) is 9.59 Å². The van der Waals surface area contributed by atoms with E-state index in [4.69, 9.17) is 20.9 Å². The van der Waals surface area contributed by atoms with Crippen LogP contribution in [-0.2, 0) is 11.5 Å². The molecule has 16 heteroatoms. The zero-order chi connectivity index (χ0) is 29.7. The Labute approximate surface area is 248 Å². The van der Waals surface area contributed by atoms with Crippen molar-refractivity contribution in [3.63, 3.8) is 0 Å². The fourth-order valence-electron chi connectivity index (χ4n) is 3.23. The van der Waals surface area contributed by atoms with E-state index in [1.54, 1.807) is 50.1 Å². The molecule has 4 amide bonds. The normalized spacial score (nSPS) is 11.5. The number of rotatable bonds is 16. The molecule has 8 N–H and O–H groups in total. The molecule has 0 aliphatic heterocycles. The second-order valence-electron chi connectivity index (χ2n) is 8.06. The van der Waals surface area contributed by atoms with Crippen LogP contribution in [0.15, 0.2) is 46.6 Å². The van der Waals surface area contributed by atoms with Crippen molar-refractivity contribution in [3.05, 3.63) is 48.0 Å². The second kappa shape index (κ2) is 20.0. The number of carbonyl (C=O) groups excluding carboxylic acids is 2. The lowest BCUT2D eigenvalue weighted by Crippen LogP contribution is -2.46. The molecule has 0 fully saturated rings. The number of hydrogen-bond donors (Lipinski definition) is 6. The van der Waals surface area contributed by atoms with Crippen LogP contribution in [0.4, 0.5) is 9.59 Å². The number of hydrogen-bond acceptors (Lipinski definition) is 10. The summed E-state index contributed by atoms with van der Waals surface area (Å²) in [5, 5.41) is 11.1. The topological polar surface area (TPSA) is 203 Å². The molecular formula is C25H38N10O4S2. The number of methoxy groups -OCH3 is 2. The Morgan fingerprint density at radius 1 is 0.805 bits per heavy atom. The van der Waals surface area contributed by atoms with Gasteiger partial charge in [-0.15, -0.1) is 0 Å². The minimum absolute atomic E-state index is 0.291. The Kier molecular flexibility index (Phi) is 16.3. The smallest absolute Gasteiger partial charge is 0.318 e. The maximum absolute atomic E-state index is 11.4. The Balaban J connectivity index is 1.71. The third-order valence-electron chi connectivity index (χ3n) is 5.05. The Bertz CT molecular complexity index is 1070. The summed E-state index contributed by atoms with van der Waals surface area (Å²) in [4.78, 5) is 40.2. The third-order valence-corrected chi connectivity index (χ3v) is 6.94. The predicted molar refractivity (Wildman–Crippen MR) is 165 cm³/mol. The van der Waals surface area contributed by atoms with Gasteiger partial charge in [-0.3, -0.25) is 30.6 Å². The molecule has 41 heavy (non-hydrogen) atoms. The molecular weight excluding hydrogens is 568 g/mol. The number of pyridine rings is 2. The van der Waals surface area contributed by atoms with Gasteiger partial charge in [0.2, 0.25) is 0 Å². The van der Waals surface area contributed by atoms with Gasteiger partial charge in [0, 0.05) is 48.5 Å². The second-order valence-corrected chi connectivity index (χ2v) is 10.3. The number of guanidine groups is 2. The van der Waals surface area contributed by atoms with E-state index >= 15 is 0 Å². The quantitative estimate of drug-likeness (QED) is 0.0917. The number of thioether (sulfide) groups is 2. The third kappa shape index (κ3) is 14.3. The van der Waals surface area contributed by atoms with Crippen LogP contribution in [0.2, 0.25) is 0 Å². The van der Waals surface area contributed by atoms with Crippen molar-refractivity contribution < 1.29 is 19.1 Å². The summed E-state index contributed by atoms with van der Waals surface area (Å²) >= 11 is 3.29. The highest BCUT2D eigenvalue weighted by Crippen LogP contribution is 2.21. The molecule has 0 spiro atoms. The number of carbonyl (C=O) groups is 2. The average Bonchev–Trinajstić information content (AvgIpc) is 2.96. The van der Waals surface area contributed by atoms with Crippen molar-refractivity contribution in [2.24, 2.45) is 21.5 Å². The van der Waals surface area contributed by atoms with Crippen molar-refractivity contribution in [1.82, 2.24) is 31.2 Å². The van der Waals surface area contributed by atoms with E-state index in [1.807, 2.05) is 24.3 Å². The van der Waals surface area contributed by atoms with Crippen LogP contribution >= 0.6 is 23.5 Å². The summed E-state index contributed by atoms with van der Waals surface area (Å²) in [6.07, 6.45) is 4.08. The number of nitrogens with zero attached hydrogens (tertiary/aromatic N) is 4. The Hall–Kier alpha value is -3.92. The first-order valence-corrected chi connectivity index (χ1v) is 15.0. The van der Waals surface area contributed by atoms with Crippen molar-refractivity contribution >= 4 is 47.5 Å². The number of amides is 4. The molecule has 0 unspecified atom stereocenters. The fourth-order valence-corrected chi connectivity index (χ4v) is 4.78. The SMILES string of the molecule is COc1cccnc1CSCC/N=C(\NCCCN/C(=N\CCSCc1ncccc1OC)NC(N)=O)NC(N)=O. The molecule has 2 aromatic heterocycles. The number of nitrogens with two attached hydrogens (primary N) is 2. The molecule has 14 nitrogen and oxygen atoms in total. The van der Waals surface area contributed by atoms with E-state index in [1.165, 1.54) is 0 Å². The maximum atomic E-state index is 11.4. The van der Waals surface area contributed by atoms with Crippen LogP contribution in [0.3, 0.4) is 0 Å². The largest absolute Gasteiger partial charge is 0.495 e. The van der Waals surface area contributed by atoms with E-state index in [0.29, 0.717) is 67.5 Å². The lowest BCUT2D eigenvalue weighted by molar-refractivity contribution is 0.252. The van der Waals surface area contributed by atoms with Gasteiger partial charge in [0.15, 0.2) is 11.9 Å². The van der Waals surface area contributed by atoms with Gasteiger partial charge in [-0.05, 0) is 30.7 Å². The van der Waals surface area contributed by atoms with E-state index in [9.17, 15) is 9.59 Å². The van der Waals surface area contributed by atoms with Gasteiger partial charge in [0.05, 0.1) is 38.7 Å². The van der Waals surface area contributed by atoms with E-state index < -0.39 is 12.1 Å². The first kappa shape index (κ1) is 33.3. The zero-order valence-corrected chi connectivity index (χ0v) is 24.9. The van der Waals surface area contributed by atoms with Gasteiger partial charge in [-0.1, -0.05) is 0 Å². The molecule has 224 valence electrons. The highest BCUT2D eigenvalue weighted by molar-refractivity contribution is 7.98. The minimum atomic E-state index is -0.709. The number of aromatic nitrogens is 2. The minimum Gasteiger partial charge on any atom is -0.495 e. The summed E-state index contributed by atoms with van der Waals surface area (Å²) in [6, 6.07) is 5.97. The fraction of sp³-hybridized carbons (Fsp3) is 0.440. The van der Waals surface area contributed by atoms with Crippen molar-refractivity contribution in [2.75, 3.05) is 51.9 Å². The lowest BCUT2D eigenvalue weighted by atomic mass is 10.3. The number of urea groups is 2. The number of primary amides is 2. The molecule has 0 atom stereocenters. The molecule has 0 aliphatic carbocycles. The monoisotopic (exact) mass is 606 g/mol. The van der Waals surface area contributed by atoms with Gasteiger partial charge in [0.25, 0.3) is 0 Å². The van der Waals surface area contributed by atoms with Crippen molar-refractivity contribution in [2.45, 2.75) is 17.9 Å². The van der Waals surface area contributed by atoms with Crippen LogP contribution in [0, 0.1) is 0 Å². The first-order chi connectivity index (χ1) is 19.9. The first-order valence-electron chi connectivity index (χ1n) is 12.7. The lowest BCUT2D eigenvalue weighted by Gasteiger charge is -2.12. The average molecular weight is 607 g/mol. The summed E-state index contributed by atoms with van der Waals surface area (Å²) in [5.74, 6) is 4.84. The number of ether oxygens (including phenoxy) is 2. The van der Waals surface area contributed by atoms with Gasteiger partial charge >= 0.3 is 12.1 Å². The molecule has 0 aromatic carbocycles. The molecule has 0 radical (unpaired) electrons. The van der Waals surface area contributed by atoms with E-state index in [-0.39, 0.29) is 0 Å². The molecule has 2 heterocycles. The standard InChI is InChI=1S/C25H38N10O4S2/c1-38-20-6-3-8-28-18(20)16-40-14-12-32-24(34-22(26)36)30-10-5-11-31-25(35-23(27)37)33-13-15-41-17-19-21(39-2)7-4-9-29-19/h3-4,6-9H,5,10-17H2,1-2H3,(H4,26,30,32,34,36)(H4,27,31,33,35,37). The van der Waals surface area contributed by atoms with E-state index in [2.05, 4.69) is 41.2 Å². The Morgan fingerprint density at radius 2 is 1.24 bits per heavy atom. The van der Waals surface area contributed by atoms with Gasteiger partial charge in [0.1, 0.15) is 11.5 Å². The van der Waals surface area contributed by atoms with E-state index in [0.717, 1.165) is 22.9 Å². The van der Waals surface area contributed by atoms with Crippen molar-refractivity contribution in [3.8, 4) is 11.5 Å². The highest BCUT2D eigenvalue weighted by Gasteiger charge is 2.06. The number of nitrogens with one attached hydrogen (secondary N) is 4. The van der Waals surface area contributed by atoms with Gasteiger partial charge in [-0.2, -0.15) is 23.5 Å². The van der Waals surface area contributed by atoms with Crippen LogP contribution in [-0.4, -0.2) is 85.9 Å². The molecule has 2 aromatic rings. The van der Waals surface area contributed by atoms with Crippen LogP contribution in [0.5, 0.6) is 11.5 Å². The summed E-state index contributed by atoms with van der Waals surface area (Å²) in [5.41, 5.74) is 12.3. The van der Waals surface area contributed by atoms with Crippen LogP contribution in [0.1, 0.15) is 17.8 Å². The molecule has 0 bridgehead atoms. The maximum Gasteiger partial charge on any atom is 0.318 e. The zero-order valence-electron chi connectivity index (χ0n) is 23.2. The summed E-state index contributed by atoms with van der Waals surface area (Å²) in [7, 11) is 3.23. The Morgan fingerprint density at radius 3 is 1.63 bits per heavy atom.